The fraction of sp³-hybridized carbons (Fsp3) is 0.500. The van der Waals surface area contributed by atoms with Crippen molar-refractivity contribution in [1.29, 1.82) is 0 Å². The highest BCUT2D eigenvalue weighted by molar-refractivity contribution is 7.09. The number of halogens is 1. The first-order chi connectivity index (χ1) is 9.04. The average Bonchev–Trinajstić information content (AvgIpc) is 2.93. The molecule has 0 aliphatic rings. The third-order valence-corrected chi connectivity index (χ3v) is 4.38. The second kappa shape index (κ2) is 5.97. The topological polar surface area (TPSA) is 21.1 Å². The zero-order valence-electron chi connectivity index (χ0n) is 11.9. The third kappa shape index (κ3) is 2.95. The summed E-state index contributed by atoms with van der Waals surface area (Å²) in [5.41, 5.74) is 2.15. The van der Waals surface area contributed by atoms with Crippen LogP contribution in [0.4, 0.5) is 5.82 Å². The molecule has 19 heavy (non-hydrogen) atoms. The first-order valence-electron chi connectivity index (χ1n) is 6.42. The standard InChI is InChI=1S/C14H20ClN3S/c1-10(2)18(9-12-6-5-7-19-12)14-13(8-15)11(3)16-17(14)4/h5-7,10H,8-9H2,1-4H3. The number of aromatic nitrogens is 2. The Morgan fingerprint density at radius 2 is 2.21 bits per heavy atom. The van der Waals surface area contributed by atoms with Crippen molar-refractivity contribution in [2.75, 3.05) is 4.90 Å². The number of hydrogen-bond donors (Lipinski definition) is 0. The zero-order chi connectivity index (χ0) is 14.0. The second-order valence-corrected chi connectivity index (χ2v) is 6.25. The Morgan fingerprint density at radius 1 is 1.47 bits per heavy atom. The van der Waals surface area contributed by atoms with Crippen LogP contribution in [0.5, 0.6) is 0 Å². The molecule has 104 valence electrons. The van der Waals surface area contributed by atoms with Crippen molar-refractivity contribution in [3.8, 4) is 0 Å². The summed E-state index contributed by atoms with van der Waals surface area (Å²) in [4.78, 5) is 3.72. The molecular formula is C14H20ClN3S. The van der Waals surface area contributed by atoms with Crippen LogP contribution in [0.3, 0.4) is 0 Å². The van der Waals surface area contributed by atoms with Gasteiger partial charge < -0.3 is 4.90 Å². The number of alkyl halides is 1. The maximum atomic E-state index is 6.10. The highest BCUT2D eigenvalue weighted by atomic mass is 35.5. The molecule has 0 N–H and O–H groups in total. The van der Waals surface area contributed by atoms with Crippen LogP contribution in [0, 0.1) is 6.92 Å². The smallest absolute Gasteiger partial charge is 0.131 e. The van der Waals surface area contributed by atoms with Crippen LogP contribution in [-0.2, 0) is 19.5 Å². The molecule has 0 atom stereocenters. The molecule has 0 saturated carbocycles. The normalized spacial score (nSPS) is 11.3. The predicted octanol–water partition coefficient (Wildman–Crippen LogP) is 3.94. The van der Waals surface area contributed by atoms with Crippen molar-refractivity contribution in [2.24, 2.45) is 7.05 Å². The number of hydrogen-bond acceptors (Lipinski definition) is 3. The van der Waals surface area contributed by atoms with Crippen LogP contribution in [0.15, 0.2) is 17.5 Å². The molecule has 0 spiro atoms. The maximum Gasteiger partial charge on any atom is 0.131 e. The molecule has 3 nitrogen and oxygen atoms in total. The minimum Gasteiger partial charge on any atom is -0.349 e. The van der Waals surface area contributed by atoms with Crippen LogP contribution in [0.1, 0.15) is 30.0 Å². The van der Waals surface area contributed by atoms with Gasteiger partial charge in [0, 0.05) is 23.5 Å². The molecule has 0 aromatic carbocycles. The number of rotatable bonds is 5. The van der Waals surface area contributed by atoms with Crippen LogP contribution in [0.25, 0.3) is 0 Å². The highest BCUT2D eigenvalue weighted by Gasteiger charge is 2.21. The third-order valence-electron chi connectivity index (χ3n) is 3.25. The van der Waals surface area contributed by atoms with Gasteiger partial charge in [-0.05, 0) is 32.2 Å². The fourth-order valence-corrected chi connectivity index (χ4v) is 3.29. The maximum absolute atomic E-state index is 6.10. The molecule has 0 radical (unpaired) electrons. The lowest BCUT2D eigenvalue weighted by Crippen LogP contribution is -2.32. The van der Waals surface area contributed by atoms with Crippen molar-refractivity contribution in [2.45, 2.75) is 39.2 Å². The van der Waals surface area contributed by atoms with E-state index >= 15 is 0 Å². The van der Waals surface area contributed by atoms with E-state index in [2.05, 4.69) is 41.4 Å². The minimum atomic E-state index is 0.402. The molecular weight excluding hydrogens is 278 g/mol. The number of thiophene rings is 1. The van der Waals surface area contributed by atoms with E-state index in [4.69, 9.17) is 11.6 Å². The molecule has 0 aliphatic heterocycles. The Bertz CT molecular complexity index is 531. The van der Waals surface area contributed by atoms with Crippen LogP contribution in [-0.4, -0.2) is 15.8 Å². The summed E-state index contributed by atoms with van der Waals surface area (Å²) in [7, 11) is 1.99. The number of aryl methyl sites for hydroxylation is 2. The second-order valence-electron chi connectivity index (χ2n) is 4.95. The molecule has 0 saturated heterocycles. The highest BCUT2D eigenvalue weighted by Crippen LogP contribution is 2.28. The monoisotopic (exact) mass is 297 g/mol. The van der Waals surface area contributed by atoms with Gasteiger partial charge in [-0.15, -0.1) is 22.9 Å². The van der Waals surface area contributed by atoms with Crippen molar-refractivity contribution in [1.82, 2.24) is 9.78 Å². The van der Waals surface area contributed by atoms with E-state index in [-0.39, 0.29) is 0 Å². The lowest BCUT2D eigenvalue weighted by Gasteiger charge is -2.29. The SMILES string of the molecule is Cc1nn(C)c(N(Cc2cccs2)C(C)C)c1CCl. The molecule has 2 aromatic rings. The predicted molar refractivity (Wildman–Crippen MR) is 83.1 cm³/mol. The molecule has 0 bridgehead atoms. The van der Waals surface area contributed by atoms with Crippen molar-refractivity contribution in [3.05, 3.63) is 33.6 Å². The van der Waals surface area contributed by atoms with Gasteiger partial charge in [-0.2, -0.15) is 5.10 Å². The Balaban J connectivity index is 2.39. The molecule has 5 heteroatoms. The molecule has 0 aliphatic carbocycles. The van der Waals surface area contributed by atoms with Gasteiger partial charge in [0.25, 0.3) is 0 Å². The first kappa shape index (κ1) is 14.4. The molecule has 0 fully saturated rings. The van der Waals surface area contributed by atoms with Crippen LogP contribution < -0.4 is 4.90 Å². The minimum absolute atomic E-state index is 0.402. The summed E-state index contributed by atoms with van der Waals surface area (Å²) in [5.74, 6) is 1.64. The van der Waals surface area contributed by atoms with Gasteiger partial charge in [-0.3, -0.25) is 4.68 Å². The van der Waals surface area contributed by atoms with Gasteiger partial charge in [-0.25, -0.2) is 0 Å². The number of nitrogens with zero attached hydrogens (tertiary/aromatic N) is 3. The van der Waals surface area contributed by atoms with Crippen LogP contribution in [0.2, 0.25) is 0 Å². The van der Waals surface area contributed by atoms with Gasteiger partial charge in [0.1, 0.15) is 5.82 Å². The van der Waals surface area contributed by atoms with E-state index in [1.807, 2.05) is 18.7 Å². The summed E-state index contributed by atoms with van der Waals surface area (Å²) in [6, 6.07) is 4.66. The molecule has 2 rings (SSSR count). The van der Waals surface area contributed by atoms with Crippen molar-refractivity contribution >= 4 is 28.8 Å². The molecule has 2 heterocycles. The van der Waals surface area contributed by atoms with E-state index in [0.29, 0.717) is 11.9 Å². The first-order valence-corrected chi connectivity index (χ1v) is 7.83. The van der Waals surface area contributed by atoms with Gasteiger partial charge in [0.2, 0.25) is 0 Å². The Labute approximate surface area is 123 Å². The van der Waals surface area contributed by atoms with Crippen molar-refractivity contribution < 1.29 is 0 Å². The summed E-state index contributed by atoms with van der Waals surface area (Å²) in [6.07, 6.45) is 0. The largest absolute Gasteiger partial charge is 0.349 e. The molecule has 2 aromatic heterocycles. The summed E-state index contributed by atoms with van der Waals surface area (Å²) < 4.78 is 1.95. The molecule has 0 amide bonds. The summed E-state index contributed by atoms with van der Waals surface area (Å²) >= 11 is 7.89. The summed E-state index contributed by atoms with van der Waals surface area (Å²) in [6.45, 7) is 7.32. The molecule has 0 unspecified atom stereocenters. The lowest BCUT2D eigenvalue weighted by atomic mass is 10.2. The van der Waals surface area contributed by atoms with Crippen LogP contribution >= 0.6 is 22.9 Å². The average molecular weight is 298 g/mol. The van der Waals surface area contributed by atoms with Gasteiger partial charge in [0.15, 0.2) is 0 Å². The van der Waals surface area contributed by atoms with Gasteiger partial charge >= 0.3 is 0 Å². The zero-order valence-corrected chi connectivity index (χ0v) is 13.4. The van der Waals surface area contributed by atoms with E-state index in [0.717, 1.165) is 23.6 Å². The summed E-state index contributed by atoms with van der Waals surface area (Å²) in [5, 5.41) is 6.62. The fourth-order valence-electron chi connectivity index (χ4n) is 2.28. The quantitative estimate of drug-likeness (QED) is 0.779. The Morgan fingerprint density at radius 3 is 2.74 bits per heavy atom. The van der Waals surface area contributed by atoms with Crippen molar-refractivity contribution in [3.63, 3.8) is 0 Å². The number of anilines is 1. The van der Waals surface area contributed by atoms with E-state index in [1.165, 1.54) is 4.88 Å². The van der Waals surface area contributed by atoms with E-state index < -0.39 is 0 Å². The Kier molecular flexibility index (Phi) is 4.53. The Hall–Kier alpha value is -1.00. The van der Waals surface area contributed by atoms with Gasteiger partial charge in [-0.1, -0.05) is 6.07 Å². The van der Waals surface area contributed by atoms with E-state index in [1.54, 1.807) is 11.3 Å². The van der Waals surface area contributed by atoms with E-state index in [9.17, 15) is 0 Å². The van der Waals surface area contributed by atoms with Gasteiger partial charge in [0.05, 0.1) is 18.1 Å². The lowest BCUT2D eigenvalue weighted by molar-refractivity contribution is 0.636.